The van der Waals surface area contributed by atoms with Gasteiger partial charge in [-0.1, -0.05) is 18.6 Å². The zero-order valence-electron chi connectivity index (χ0n) is 12.6. The topological polar surface area (TPSA) is 83.6 Å². The summed E-state index contributed by atoms with van der Waals surface area (Å²) < 4.78 is 0. The van der Waals surface area contributed by atoms with E-state index in [1.165, 1.54) is 0 Å². The fourth-order valence-electron chi connectivity index (χ4n) is 2.95. The molecule has 0 bridgehead atoms. The SMILES string of the molecule is CCC1(C(=O)O)CCCN(C(=O)c2cc(C)ccc2N)C1. The minimum absolute atomic E-state index is 0.171. The molecule has 0 spiro atoms. The molecule has 114 valence electrons. The Balaban J connectivity index is 2.27. The lowest BCUT2D eigenvalue weighted by Gasteiger charge is -2.39. The molecular weight excluding hydrogens is 268 g/mol. The van der Waals surface area contributed by atoms with Gasteiger partial charge in [0.25, 0.3) is 5.91 Å². The number of anilines is 1. The Kier molecular flexibility index (Phi) is 4.21. The summed E-state index contributed by atoms with van der Waals surface area (Å²) in [6.07, 6.45) is 1.85. The number of carbonyl (C=O) groups is 2. The van der Waals surface area contributed by atoms with Gasteiger partial charge in [0.1, 0.15) is 0 Å². The van der Waals surface area contributed by atoms with Crippen LogP contribution in [-0.2, 0) is 4.79 Å². The van der Waals surface area contributed by atoms with E-state index in [1.807, 2.05) is 19.9 Å². The Morgan fingerprint density at radius 2 is 2.14 bits per heavy atom. The van der Waals surface area contributed by atoms with Crippen molar-refractivity contribution in [2.45, 2.75) is 33.1 Å². The van der Waals surface area contributed by atoms with Crippen molar-refractivity contribution >= 4 is 17.6 Å². The van der Waals surface area contributed by atoms with Crippen molar-refractivity contribution in [2.75, 3.05) is 18.8 Å². The van der Waals surface area contributed by atoms with Gasteiger partial charge < -0.3 is 15.7 Å². The molecule has 2 rings (SSSR count). The predicted molar refractivity (Wildman–Crippen MR) is 81.1 cm³/mol. The van der Waals surface area contributed by atoms with Crippen molar-refractivity contribution < 1.29 is 14.7 Å². The highest BCUT2D eigenvalue weighted by Crippen LogP contribution is 2.34. The molecule has 1 unspecified atom stereocenters. The van der Waals surface area contributed by atoms with Crippen molar-refractivity contribution in [3.05, 3.63) is 29.3 Å². The summed E-state index contributed by atoms with van der Waals surface area (Å²) in [5, 5.41) is 9.49. The summed E-state index contributed by atoms with van der Waals surface area (Å²) in [5.74, 6) is -0.991. The molecule has 5 heteroatoms. The molecule has 1 atom stereocenters. The largest absolute Gasteiger partial charge is 0.481 e. The normalized spacial score (nSPS) is 22.1. The summed E-state index contributed by atoms with van der Waals surface area (Å²) in [5.41, 5.74) is 6.93. The van der Waals surface area contributed by atoms with Crippen LogP contribution in [0.1, 0.15) is 42.1 Å². The molecular formula is C16H22N2O3. The quantitative estimate of drug-likeness (QED) is 0.837. The van der Waals surface area contributed by atoms with Gasteiger partial charge in [0.2, 0.25) is 0 Å². The first-order valence-electron chi connectivity index (χ1n) is 7.28. The van der Waals surface area contributed by atoms with Crippen LogP contribution in [0, 0.1) is 12.3 Å². The molecule has 1 aliphatic heterocycles. The Labute approximate surface area is 124 Å². The summed E-state index contributed by atoms with van der Waals surface area (Å²) in [6, 6.07) is 5.34. The van der Waals surface area contributed by atoms with Crippen LogP contribution in [0.3, 0.4) is 0 Å². The first-order chi connectivity index (χ1) is 9.89. The molecule has 1 fully saturated rings. The first-order valence-corrected chi connectivity index (χ1v) is 7.28. The number of nitrogens with two attached hydrogens (primary N) is 1. The average molecular weight is 290 g/mol. The van der Waals surface area contributed by atoms with Gasteiger partial charge in [-0.2, -0.15) is 0 Å². The molecule has 0 aromatic heterocycles. The van der Waals surface area contributed by atoms with E-state index in [0.29, 0.717) is 37.1 Å². The molecule has 5 nitrogen and oxygen atoms in total. The average Bonchev–Trinajstić information content (AvgIpc) is 2.48. The van der Waals surface area contributed by atoms with Crippen molar-refractivity contribution in [3.63, 3.8) is 0 Å². The number of aliphatic carboxylic acids is 1. The number of benzene rings is 1. The van der Waals surface area contributed by atoms with E-state index in [4.69, 9.17) is 5.73 Å². The lowest BCUT2D eigenvalue weighted by molar-refractivity contribution is -0.152. The van der Waals surface area contributed by atoms with Crippen LogP contribution in [0.4, 0.5) is 5.69 Å². The van der Waals surface area contributed by atoms with Crippen LogP contribution in [-0.4, -0.2) is 35.0 Å². The minimum Gasteiger partial charge on any atom is -0.481 e. The Hall–Kier alpha value is -2.04. The number of hydrogen-bond donors (Lipinski definition) is 2. The van der Waals surface area contributed by atoms with Gasteiger partial charge >= 0.3 is 5.97 Å². The van der Waals surface area contributed by atoms with E-state index in [0.717, 1.165) is 5.56 Å². The first kappa shape index (κ1) is 15.4. The second-order valence-corrected chi connectivity index (χ2v) is 5.86. The third-order valence-electron chi connectivity index (χ3n) is 4.43. The van der Waals surface area contributed by atoms with E-state index < -0.39 is 11.4 Å². The monoisotopic (exact) mass is 290 g/mol. The predicted octanol–water partition coefficient (Wildman–Crippen LogP) is 2.29. The Morgan fingerprint density at radius 3 is 2.76 bits per heavy atom. The molecule has 1 aliphatic rings. The number of amides is 1. The lowest BCUT2D eigenvalue weighted by Crippen LogP contribution is -2.49. The van der Waals surface area contributed by atoms with E-state index in [1.54, 1.807) is 17.0 Å². The van der Waals surface area contributed by atoms with Crippen LogP contribution in [0.15, 0.2) is 18.2 Å². The number of hydrogen-bond acceptors (Lipinski definition) is 3. The number of rotatable bonds is 3. The summed E-state index contributed by atoms with van der Waals surface area (Å²) >= 11 is 0. The number of likely N-dealkylation sites (tertiary alicyclic amines) is 1. The summed E-state index contributed by atoms with van der Waals surface area (Å²) in [6.45, 7) is 4.61. The fraction of sp³-hybridized carbons (Fsp3) is 0.500. The van der Waals surface area contributed by atoms with Crippen LogP contribution < -0.4 is 5.73 Å². The van der Waals surface area contributed by atoms with Gasteiger partial charge in [-0.25, -0.2) is 0 Å². The highest BCUT2D eigenvalue weighted by molar-refractivity contribution is 5.99. The summed E-state index contributed by atoms with van der Waals surface area (Å²) in [4.78, 5) is 25.9. The third-order valence-corrected chi connectivity index (χ3v) is 4.43. The molecule has 1 saturated heterocycles. The smallest absolute Gasteiger partial charge is 0.311 e. The molecule has 1 amide bonds. The van der Waals surface area contributed by atoms with E-state index in [9.17, 15) is 14.7 Å². The highest BCUT2D eigenvalue weighted by atomic mass is 16.4. The van der Waals surface area contributed by atoms with Gasteiger partial charge in [-0.3, -0.25) is 9.59 Å². The van der Waals surface area contributed by atoms with Crippen molar-refractivity contribution in [1.29, 1.82) is 0 Å². The molecule has 3 N–H and O–H groups in total. The van der Waals surface area contributed by atoms with Gasteiger partial charge in [0, 0.05) is 18.8 Å². The van der Waals surface area contributed by atoms with Crippen LogP contribution in [0.2, 0.25) is 0 Å². The number of nitrogen functional groups attached to an aromatic ring is 1. The molecule has 1 aromatic rings. The third kappa shape index (κ3) is 2.86. The van der Waals surface area contributed by atoms with Crippen molar-refractivity contribution in [3.8, 4) is 0 Å². The van der Waals surface area contributed by atoms with Crippen LogP contribution in [0.5, 0.6) is 0 Å². The van der Waals surface area contributed by atoms with Crippen molar-refractivity contribution in [1.82, 2.24) is 4.90 Å². The van der Waals surface area contributed by atoms with Gasteiger partial charge in [-0.05, 0) is 38.3 Å². The van der Waals surface area contributed by atoms with Crippen molar-refractivity contribution in [2.24, 2.45) is 5.41 Å². The number of carboxylic acids is 1. The Bertz CT molecular complexity index is 571. The maximum Gasteiger partial charge on any atom is 0.311 e. The minimum atomic E-state index is -0.827. The molecule has 0 aliphatic carbocycles. The number of carboxylic acid groups (broad SMARTS) is 1. The number of nitrogens with zero attached hydrogens (tertiary/aromatic N) is 1. The summed E-state index contributed by atoms with van der Waals surface area (Å²) in [7, 11) is 0. The van der Waals surface area contributed by atoms with E-state index in [-0.39, 0.29) is 12.5 Å². The highest BCUT2D eigenvalue weighted by Gasteiger charge is 2.42. The molecule has 21 heavy (non-hydrogen) atoms. The standard InChI is InChI=1S/C16H22N2O3/c1-3-16(15(20)21)7-4-8-18(10-16)14(19)12-9-11(2)5-6-13(12)17/h5-6,9H,3-4,7-8,10,17H2,1-2H3,(H,20,21). The second kappa shape index (κ2) is 5.76. The lowest BCUT2D eigenvalue weighted by atomic mass is 9.77. The maximum absolute atomic E-state index is 12.7. The zero-order valence-corrected chi connectivity index (χ0v) is 12.6. The molecule has 0 radical (unpaired) electrons. The van der Waals surface area contributed by atoms with Gasteiger partial charge in [0.15, 0.2) is 0 Å². The maximum atomic E-state index is 12.7. The van der Waals surface area contributed by atoms with E-state index in [2.05, 4.69) is 0 Å². The zero-order chi connectivity index (χ0) is 15.6. The molecule has 0 saturated carbocycles. The van der Waals surface area contributed by atoms with Crippen LogP contribution in [0.25, 0.3) is 0 Å². The van der Waals surface area contributed by atoms with Gasteiger partial charge in [0.05, 0.1) is 11.0 Å². The molecule has 1 aromatic carbocycles. The van der Waals surface area contributed by atoms with Gasteiger partial charge in [-0.15, -0.1) is 0 Å². The molecule has 1 heterocycles. The fourth-order valence-corrected chi connectivity index (χ4v) is 2.95. The number of piperidine rings is 1. The van der Waals surface area contributed by atoms with Crippen LogP contribution >= 0.6 is 0 Å². The second-order valence-electron chi connectivity index (χ2n) is 5.86. The number of aryl methyl sites for hydroxylation is 1. The number of carbonyl (C=O) groups excluding carboxylic acids is 1. The van der Waals surface area contributed by atoms with E-state index >= 15 is 0 Å². The Morgan fingerprint density at radius 1 is 1.43 bits per heavy atom.